The molecule has 0 aliphatic heterocycles. The minimum atomic E-state index is -0.443. The van der Waals surface area contributed by atoms with Crippen LogP contribution in [0.3, 0.4) is 0 Å². The number of hydrogen-bond acceptors (Lipinski definition) is 3. The van der Waals surface area contributed by atoms with Crippen molar-refractivity contribution < 1.29 is 14.3 Å². The smallest absolute Gasteiger partial charge is 0.312 e. The lowest BCUT2D eigenvalue weighted by Crippen LogP contribution is -2.41. The topological polar surface area (TPSA) is 35.5 Å². The Balaban J connectivity index is 2.22. The van der Waals surface area contributed by atoms with Crippen molar-refractivity contribution in [2.75, 3.05) is 14.2 Å². The monoisotopic (exact) mass is 340 g/mol. The molecule has 2 rings (SSSR count). The van der Waals surface area contributed by atoms with Gasteiger partial charge in [-0.05, 0) is 49.8 Å². The molecule has 1 saturated carbocycles. The molecule has 0 aromatic heterocycles. The highest BCUT2D eigenvalue weighted by molar-refractivity contribution is 9.10. The summed E-state index contributed by atoms with van der Waals surface area (Å²) in [6.45, 7) is 0. The molecule has 0 saturated heterocycles. The van der Waals surface area contributed by atoms with Gasteiger partial charge in [0.15, 0.2) is 0 Å². The van der Waals surface area contributed by atoms with Crippen LogP contribution in [0.1, 0.15) is 31.2 Å². The van der Waals surface area contributed by atoms with E-state index in [-0.39, 0.29) is 12.1 Å². The number of benzene rings is 1. The van der Waals surface area contributed by atoms with E-state index >= 15 is 0 Å². The molecule has 1 aromatic carbocycles. The average Bonchev–Trinajstić information content (AvgIpc) is 2.49. The predicted octanol–water partition coefficient (Wildman–Crippen LogP) is 3.74. The van der Waals surface area contributed by atoms with Crippen LogP contribution in [0, 0.1) is 5.41 Å². The Kier molecular flexibility index (Phi) is 5.22. The third-order valence-electron chi connectivity index (χ3n) is 4.21. The quantitative estimate of drug-likeness (QED) is 0.783. The van der Waals surface area contributed by atoms with E-state index in [1.54, 1.807) is 7.11 Å². The number of ether oxygens (including phenoxy) is 2. The molecule has 2 atom stereocenters. The van der Waals surface area contributed by atoms with E-state index in [9.17, 15) is 4.79 Å². The summed E-state index contributed by atoms with van der Waals surface area (Å²) in [4.78, 5) is 12.3. The molecule has 0 N–H and O–H groups in total. The van der Waals surface area contributed by atoms with Gasteiger partial charge in [-0.25, -0.2) is 0 Å². The third-order valence-corrected chi connectivity index (χ3v) is 4.74. The maximum absolute atomic E-state index is 12.3. The minimum Gasteiger partial charge on any atom is -0.469 e. The van der Waals surface area contributed by atoms with Crippen LogP contribution >= 0.6 is 15.9 Å². The van der Waals surface area contributed by atoms with Crippen LogP contribution < -0.4 is 0 Å². The summed E-state index contributed by atoms with van der Waals surface area (Å²) in [7, 11) is 3.19. The van der Waals surface area contributed by atoms with Crippen LogP contribution in [0.15, 0.2) is 28.7 Å². The van der Waals surface area contributed by atoms with E-state index in [1.807, 2.05) is 12.1 Å². The summed E-state index contributed by atoms with van der Waals surface area (Å²) in [6.07, 6.45) is 4.51. The first kappa shape index (κ1) is 15.5. The fourth-order valence-electron chi connectivity index (χ4n) is 3.14. The van der Waals surface area contributed by atoms with Gasteiger partial charge in [0.1, 0.15) is 0 Å². The summed E-state index contributed by atoms with van der Waals surface area (Å²) in [5.41, 5.74) is 0.719. The molecule has 0 heterocycles. The van der Waals surface area contributed by atoms with E-state index in [1.165, 1.54) is 7.11 Å². The summed E-state index contributed by atoms with van der Waals surface area (Å²) in [6, 6.07) is 8.14. The van der Waals surface area contributed by atoms with E-state index in [2.05, 4.69) is 28.1 Å². The van der Waals surface area contributed by atoms with Gasteiger partial charge >= 0.3 is 5.97 Å². The summed E-state index contributed by atoms with van der Waals surface area (Å²) < 4.78 is 11.6. The number of carbonyl (C=O) groups excluding carboxylic acids is 1. The maximum atomic E-state index is 12.3. The fourth-order valence-corrected chi connectivity index (χ4v) is 3.40. The summed E-state index contributed by atoms with van der Waals surface area (Å²) in [5.74, 6) is -0.109. The summed E-state index contributed by atoms with van der Waals surface area (Å²) >= 11 is 3.44. The van der Waals surface area contributed by atoms with Gasteiger partial charge in [-0.1, -0.05) is 28.1 Å². The Morgan fingerprint density at radius 2 is 2.05 bits per heavy atom. The van der Waals surface area contributed by atoms with Crippen LogP contribution in [0.2, 0.25) is 0 Å². The second-order valence-electron chi connectivity index (χ2n) is 5.53. The molecule has 4 heteroatoms. The van der Waals surface area contributed by atoms with Gasteiger partial charge in [0.2, 0.25) is 0 Å². The van der Waals surface area contributed by atoms with Crippen molar-refractivity contribution in [3.05, 3.63) is 34.3 Å². The van der Waals surface area contributed by atoms with Crippen molar-refractivity contribution in [3.63, 3.8) is 0 Å². The van der Waals surface area contributed by atoms with Crippen LogP contribution in [0.25, 0.3) is 0 Å². The number of methoxy groups -OCH3 is 2. The first-order valence-corrected chi connectivity index (χ1v) is 7.74. The Morgan fingerprint density at radius 1 is 1.35 bits per heavy atom. The molecule has 1 aromatic rings. The lowest BCUT2D eigenvalue weighted by molar-refractivity contribution is -0.158. The van der Waals surface area contributed by atoms with Crippen LogP contribution in [0.5, 0.6) is 0 Å². The standard InChI is InChI=1S/C16H21BrO3/c1-19-14-4-3-9-16(11-14,15(18)20-2)10-12-5-7-13(17)8-6-12/h5-8,14H,3-4,9-11H2,1-2H3. The van der Waals surface area contributed by atoms with Crippen molar-refractivity contribution in [2.24, 2.45) is 5.41 Å². The van der Waals surface area contributed by atoms with Crippen molar-refractivity contribution in [2.45, 2.75) is 38.2 Å². The number of hydrogen-bond donors (Lipinski definition) is 0. The number of carbonyl (C=O) groups is 1. The summed E-state index contributed by atoms with van der Waals surface area (Å²) in [5, 5.41) is 0. The zero-order valence-electron chi connectivity index (χ0n) is 12.0. The van der Waals surface area contributed by atoms with Gasteiger partial charge in [0.25, 0.3) is 0 Å². The molecule has 2 unspecified atom stereocenters. The van der Waals surface area contributed by atoms with Crippen molar-refractivity contribution >= 4 is 21.9 Å². The van der Waals surface area contributed by atoms with E-state index in [0.717, 1.165) is 35.7 Å². The molecular weight excluding hydrogens is 320 g/mol. The largest absolute Gasteiger partial charge is 0.469 e. The highest BCUT2D eigenvalue weighted by Gasteiger charge is 2.43. The van der Waals surface area contributed by atoms with Crippen molar-refractivity contribution in [1.82, 2.24) is 0 Å². The maximum Gasteiger partial charge on any atom is 0.312 e. The van der Waals surface area contributed by atoms with Gasteiger partial charge in [-0.3, -0.25) is 4.79 Å². The molecule has 1 aliphatic carbocycles. The van der Waals surface area contributed by atoms with Gasteiger partial charge in [0, 0.05) is 11.6 Å². The third kappa shape index (κ3) is 3.41. The molecule has 20 heavy (non-hydrogen) atoms. The van der Waals surface area contributed by atoms with E-state index in [4.69, 9.17) is 9.47 Å². The number of rotatable bonds is 4. The Bertz CT molecular complexity index is 457. The Hall–Kier alpha value is -0.870. The number of esters is 1. The molecule has 110 valence electrons. The minimum absolute atomic E-state index is 0.109. The van der Waals surface area contributed by atoms with Crippen molar-refractivity contribution in [3.8, 4) is 0 Å². The van der Waals surface area contributed by atoms with Crippen LogP contribution in [-0.4, -0.2) is 26.3 Å². The molecule has 0 amide bonds. The van der Waals surface area contributed by atoms with Crippen LogP contribution in [0.4, 0.5) is 0 Å². The molecule has 3 nitrogen and oxygen atoms in total. The fraction of sp³-hybridized carbons (Fsp3) is 0.562. The lowest BCUT2D eigenvalue weighted by Gasteiger charge is -2.38. The Labute approximate surface area is 128 Å². The second-order valence-corrected chi connectivity index (χ2v) is 6.44. The molecule has 1 fully saturated rings. The molecule has 0 bridgehead atoms. The van der Waals surface area contributed by atoms with Gasteiger partial charge in [-0.2, -0.15) is 0 Å². The van der Waals surface area contributed by atoms with Crippen molar-refractivity contribution in [1.29, 1.82) is 0 Å². The SMILES string of the molecule is COC(=O)C1(Cc2ccc(Br)cc2)CCCC(OC)C1. The lowest BCUT2D eigenvalue weighted by atomic mass is 9.69. The normalized spacial score (nSPS) is 26.2. The zero-order valence-corrected chi connectivity index (χ0v) is 13.6. The second kappa shape index (κ2) is 6.72. The van der Waals surface area contributed by atoms with Crippen LogP contribution in [-0.2, 0) is 20.7 Å². The molecule has 0 spiro atoms. The molecule has 1 aliphatic rings. The van der Waals surface area contributed by atoms with E-state index < -0.39 is 5.41 Å². The van der Waals surface area contributed by atoms with E-state index in [0.29, 0.717) is 6.42 Å². The highest BCUT2D eigenvalue weighted by Crippen LogP contribution is 2.41. The van der Waals surface area contributed by atoms with Gasteiger partial charge in [0.05, 0.1) is 18.6 Å². The zero-order chi connectivity index (χ0) is 14.6. The Morgan fingerprint density at radius 3 is 2.65 bits per heavy atom. The number of halogens is 1. The van der Waals surface area contributed by atoms with Gasteiger partial charge in [-0.15, -0.1) is 0 Å². The van der Waals surface area contributed by atoms with Gasteiger partial charge < -0.3 is 9.47 Å². The molecule has 0 radical (unpaired) electrons. The first-order chi connectivity index (χ1) is 9.59. The molecular formula is C16H21BrO3. The first-order valence-electron chi connectivity index (χ1n) is 6.95. The predicted molar refractivity (Wildman–Crippen MR) is 81.6 cm³/mol. The average molecular weight is 341 g/mol. The highest BCUT2D eigenvalue weighted by atomic mass is 79.9.